The second kappa shape index (κ2) is 15.8. The Hall–Kier alpha value is -0.820. The van der Waals surface area contributed by atoms with Crippen LogP contribution in [0.1, 0.15) is 73.1 Å². The Labute approximate surface area is 313 Å². The van der Waals surface area contributed by atoms with Crippen LogP contribution in [0.5, 0.6) is 0 Å². The van der Waals surface area contributed by atoms with Gasteiger partial charge in [0.1, 0.15) is 36.6 Å². The van der Waals surface area contributed by atoms with Crippen LogP contribution in [0.3, 0.4) is 0 Å². The van der Waals surface area contributed by atoms with Crippen molar-refractivity contribution in [2.24, 2.45) is 52.3 Å². The summed E-state index contributed by atoms with van der Waals surface area (Å²) in [6, 6.07) is 0. The maximum absolute atomic E-state index is 12.6. The number of aliphatic hydroxyl groups excluding tert-OH is 8. The van der Waals surface area contributed by atoms with Crippen molar-refractivity contribution >= 4 is 0 Å². The Morgan fingerprint density at radius 1 is 0.736 bits per heavy atom. The topological polar surface area (TPSA) is 228 Å². The molecule has 0 amide bonds. The molecule has 9 N–H and O–H groups in total. The molecule has 0 unspecified atom stereocenters. The summed E-state index contributed by atoms with van der Waals surface area (Å²) < 4.78 is 28.7. The second-order valence-electron chi connectivity index (χ2n) is 18.1. The average Bonchev–Trinajstić information content (AvgIpc) is 3.39. The maximum atomic E-state index is 12.6. The molecule has 14 nitrogen and oxygen atoms in total. The van der Waals surface area contributed by atoms with Crippen molar-refractivity contribution in [1.82, 2.24) is 0 Å². The van der Waals surface area contributed by atoms with Gasteiger partial charge in [0.25, 0.3) is 0 Å². The Morgan fingerprint density at radius 2 is 1.36 bits per heavy atom. The molecule has 53 heavy (non-hydrogen) atoms. The van der Waals surface area contributed by atoms with E-state index >= 15 is 0 Å². The second-order valence-corrected chi connectivity index (χ2v) is 18.1. The smallest absolute Gasteiger partial charge is 0.187 e. The molecule has 6 rings (SSSR count). The molecule has 6 aliphatic rings. The number of ether oxygens (including phenoxy) is 5. The van der Waals surface area contributed by atoms with Crippen LogP contribution in [0.15, 0.2) is 12.2 Å². The lowest BCUT2D eigenvalue weighted by molar-refractivity contribution is -0.346. The molecule has 306 valence electrons. The lowest BCUT2D eigenvalue weighted by atomic mass is 9.41. The lowest BCUT2D eigenvalue weighted by Crippen LogP contribution is -2.70. The van der Waals surface area contributed by atoms with Crippen molar-refractivity contribution in [2.75, 3.05) is 26.9 Å². The van der Waals surface area contributed by atoms with Crippen LogP contribution >= 0.6 is 0 Å². The SMILES string of the molecule is CO[C@H]1[C@H](O[C@H]2[C@H](OC[C@@H](C)[C@H](C)/C=C/[C@@H](C)[C@H]3C[C@@H](O)[C@@H]4[C@]3(C)CC[C@@H]3[C@@]5(C)CC[C@H](O)[C@H](O)[C@@H]5[C@@H](O)C[C@]34O)OC[C@@H](O)[C@@H]2O)OC[C@@H](O)[C@@H]1O. The van der Waals surface area contributed by atoms with Crippen molar-refractivity contribution < 1.29 is 69.6 Å². The number of fused-ring (bicyclic) bond motifs is 5. The molecule has 0 aromatic rings. The standard InChI is InChI=1S/C39H66O14/c1-18(20(3)15-50-35-33(31(47)26(44)16-51-35)53-36-32(49-6)30(46)25(43)17-52-36)7-8-19(2)21-13-23(41)34-37(21,4)12-10-27-38(5)11-9-22(40)29(45)28(38)24(42)14-39(27,34)48/h7-8,18-36,40-48H,9-17H2,1-6H3/b8-7+/t18-,19-,20-,21-,22+,23-,24+,25-,26-,27-,28+,29+,30+,31+,32-,33-,34-,35-,36+,37-,38-,39+/m1/s1. The van der Waals surface area contributed by atoms with Gasteiger partial charge in [0.2, 0.25) is 0 Å². The van der Waals surface area contributed by atoms with E-state index in [-0.39, 0.29) is 61.2 Å². The monoisotopic (exact) mass is 758 g/mol. The van der Waals surface area contributed by atoms with E-state index in [1.807, 2.05) is 13.8 Å². The van der Waals surface area contributed by atoms with Gasteiger partial charge in [-0.15, -0.1) is 0 Å². The van der Waals surface area contributed by atoms with Gasteiger partial charge in [-0.3, -0.25) is 0 Å². The highest BCUT2D eigenvalue weighted by molar-refractivity contribution is 5.21. The van der Waals surface area contributed by atoms with Crippen LogP contribution < -0.4 is 0 Å². The predicted octanol–water partition coefficient (Wildman–Crippen LogP) is 0.0710. The minimum Gasteiger partial charge on any atom is -0.393 e. The van der Waals surface area contributed by atoms with Crippen molar-refractivity contribution in [2.45, 2.75) is 152 Å². The minimum atomic E-state index is -1.37. The van der Waals surface area contributed by atoms with E-state index in [1.165, 1.54) is 7.11 Å². The van der Waals surface area contributed by atoms with E-state index < -0.39 is 96.5 Å². The summed E-state index contributed by atoms with van der Waals surface area (Å²) in [5, 5.41) is 98.5. The first-order chi connectivity index (χ1) is 24.9. The number of rotatable bonds is 10. The number of hydrogen-bond donors (Lipinski definition) is 9. The highest BCUT2D eigenvalue weighted by Gasteiger charge is 2.71. The first-order valence-electron chi connectivity index (χ1n) is 19.8. The van der Waals surface area contributed by atoms with Crippen LogP contribution in [0.2, 0.25) is 0 Å². The third kappa shape index (κ3) is 7.30. The summed E-state index contributed by atoms with van der Waals surface area (Å²) in [5.41, 5.74) is -2.23. The lowest BCUT2D eigenvalue weighted by Gasteiger charge is -2.66. The minimum absolute atomic E-state index is 0.00301. The predicted molar refractivity (Wildman–Crippen MR) is 189 cm³/mol. The van der Waals surface area contributed by atoms with Gasteiger partial charge in [0.05, 0.1) is 49.8 Å². The number of allylic oxidation sites excluding steroid dienone is 2. The number of methoxy groups -OCH3 is 1. The summed E-state index contributed by atoms with van der Waals surface area (Å²) in [5.74, 6) is -0.945. The third-order valence-electron chi connectivity index (χ3n) is 15.0. The Bertz CT molecular complexity index is 1270. The summed E-state index contributed by atoms with van der Waals surface area (Å²) in [4.78, 5) is 0. The van der Waals surface area contributed by atoms with Gasteiger partial charge in [-0.2, -0.15) is 0 Å². The van der Waals surface area contributed by atoms with Crippen molar-refractivity contribution in [3.8, 4) is 0 Å². The van der Waals surface area contributed by atoms with Crippen LogP contribution in [0, 0.1) is 52.3 Å². The molecule has 6 fully saturated rings. The average molecular weight is 759 g/mol. The highest BCUT2D eigenvalue weighted by Crippen LogP contribution is 2.69. The molecular formula is C39H66O14. The van der Waals surface area contributed by atoms with Crippen LogP contribution in [-0.2, 0) is 23.7 Å². The Kier molecular flexibility index (Phi) is 12.5. The zero-order chi connectivity index (χ0) is 38.8. The van der Waals surface area contributed by atoms with Gasteiger partial charge >= 0.3 is 0 Å². The molecule has 2 saturated heterocycles. The van der Waals surface area contributed by atoms with E-state index in [1.54, 1.807) is 0 Å². The Balaban J connectivity index is 1.08. The van der Waals surface area contributed by atoms with Crippen molar-refractivity contribution in [3.63, 3.8) is 0 Å². The summed E-state index contributed by atoms with van der Waals surface area (Å²) in [6.45, 7) is 10.3. The fraction of sp³-hybridized carbons (Fsp3) is 0.949. The van der Waals surface area contributed by atoms with Gasteiger partial charge in [-0.1, -0.05) is 46.8 Å². The molecule has 0 spiro atoms. The first-order valence-corrected chi connectivity index (χ1v) is 19.8. The maximum Gasteiger partial charge on any atom is 0.187 e. The summed E-state index contributed by atoms with van der Waals surface area (Å²) >= 11 is 0. The number of aliphatic hydroxyl groups is 9. The Morgan fingerprint density at radius 3 is 2.02 bits per heavy atom. The van der Waals surface area contributed by atoms with E-state index in [2.05, 4.69) is 32.9 Å². The van der Waals surface area contributed by atoms with E-state index in [0.29, 0.717) is 19.3 Å². The highest BCUT2D eigenvalue weighted by atomic mass is 16.8. The van der Waals surface area contributed by atoms with Crippen LogP contribution in [0.4, 0.5) is 0 Å². The molecule has 0 radical (unpaired) electrons. The van der Waals surface area contributed by atoms with Gasteiger partial charge in [-0.05, 0) is 72.5 Å². The van der Waals surface area contributed by atoms with E-state index in [9.17, 15) is 46.0 Å². The molecule has 4 aliphatic carbocycles. The zero-order valence-electron chi connectivity index (χ0n) is 32.1. The number of hydrogen-bond acceptors (Lipinski definition) is 14. The van der Waals surface area contributed by atoms with Gasteiger partial charge < -0.3 is 69.6 Å². The summed E-state index contributed by atoms with van der Waals surface area (Å²) in [7, 11) is 1.34. The van der Waals surface area contributed by atoms with E-state index in [0.717, 1.165) is 12.8 Å². The van der Waals surface area contributed by atoms with Crippen LogP contribution in [0.25, 0.3) is 0 Å². The molecule has 0 bridgehead atoms. The van der Waals surface area contributed by atoms with Gasteiger partial charge in [0.15, 0.2) is 12.6 Å². The normalized spacial score (nSPS) is 53.4. The molecule has 14 heteroatoms. The summed E-state index contributed by atoms with van der Waals surface area (Å²) in [6.07, 6.45) is -5.63. The third-order valence-corrected chi connectivity index (χ3v) is 15.0. The first kappa shape index (κ1) is 41.8. The van der Waals surface area contributed by atoms with E-state index in [4.69, 9.17) is 23.7 Å². The fourth-order valence-electron chi connectivity index (χ4n) is 11.9. The molecular weight excluding hydrogens is 692 g/mol. The van der Waals surface area contributed by atoms with Crippen molar-refractivity contribution in [1.29, 1.82) is 0 Å². The molecule has 4 saturated carbocycles. The van der Waals surface area contributed by atoms with Crippen molar-refractivity contribution in [3.05, 3.63) is 12.2 Å². The largest absolute Gasteiger partial charge is 0.393 e. The van der Waals surface area contributed by atoms with Crippen LogP contribution in [-0.4, -0.2) is 152 Å². The quantitative estimate of drug-likeness (QED) is 0.135. The zero-order valence-corrected chi connectivity index (χ0v) is 32.1. The van der Waals surface area contributed by atoms with Gasteiger partial charge in [-0.25, -0.2) is 0 Å². The molecule has 0 aromatic heterocycles. The fourth-order valence-corrected chi connectivity index (χ4v) is 11.9. The molecule has 2 heterocycles. The molecule has 0 aromatic carbocycles. The molecule has 2 aliphatic heterocycles. The molecule has 22 atom stereocenters. The van der Waals surface area contributed by atoms with Gasteiger partial charge in [0, 0.05) is 25.4 Å².